The second kappa shape index (κ2) is 5.59. The third-order valence-corrected chi connectivity index (χ3v) is 4.77. The summed E-state index contributed by atoms with van der Waals surface area (Å²) in [6, 6.07) is 8.03. The Kier molecular flexibility index (Phi) is 3.85. The van der Waals surface area contributed by atoms with E-state index < -0.39 is 0 Å². The molecule has 0 aromatic carbocycles. The summed E-state index contributed by atoms with van der Waals surface area (Å²) in [5.74, 6) is 0.927. The number of nitrogens with zero attached hydrogens (tertiary/aromatic N) is 2. The predicted molar refractivity (Wildman–Crippen MR) is 78.0 cm³/mol. The zero-order valence-electron chi connectivity index (χ0n) is 12.0. The van der Waals surface area contributed by atoms with Crippen LogP contribution in [0.25, 0.3) is 0 Å². The molecule has 3 atom stereocenters. The van der Waals surface area contributed by atoms with Crippen molar-refractivity contribution in [1.82, 2.24) is 15.2 Å². The molecule has 1 aliphatic carbocycles. The second-order valence-corrected chi connectivity index (χ2v) is 6.04. The zero-order chi connectivity index (χ0) is 13.2. The van der Waals surface area contributed by atoms with Crippen molar-refractivity contribution < 1.29 is 0 Å². The van der Waals surface area contributed by atoms with Crippen molar-refractivity contribution in [2.24, 2.45) is 5.92 Å². The number of piperazine rings is 1. The number of hydrogen-bond donors (Lipinski definition) is 1. The summed E-state index contributed by atoms with van der Waals surface area (Å²) in [6.45, 7) is 6.91. The molecule has 1 aromatic heterocycles. The number of hydrogen-bond acceptors (Lipinski definition) is 3. The van der Waals surface area contributed by atoms with Crippen LogP contribution in [0.4, 0.5) is 0 Å². The van der Waals surface area contributed by atoms with E-state index in [-0.39, 0.29) is 0 Å². The van der Waals surface area contributed by atoms with Gasteiger partial charge in [0.25, 0.3) is 0 Å². The highest BCUT2D eigenvalue weighted by Crippen LogP contribution is 2.36. The molecule has 1 saturated carbocycles. The molecule has 19 heavy (non-hydrogen) atoms. The Bertz CT molecular complexity index is 402. The van der Waals surface area contributed by atoms with Gasteiger partial charge in [0, 0.05) is 37.4 Å². The van der Waals surface area contributed by atoms with Crippen LogP contribution in [0.5, 0.6) is 0 Å². The van der Waals surface area contributed by atoms with Crippen molar-refractivity contribution in [1.29, 1.82) is 0 Å². The minimum atomic E-state index is 0.425. The van der Waals surface area contributed by atoms with E-state index in [4.69, 9.17) is 0 Å². The van der Waals surface area contributed by atoms with Crippen molar-refractivity contribution >= 4 is 0 Å². The van der Waals surface area contributed by atoms with E-state index in [2.05, 4.69) is 41.2 Å². The van der Waals surface area contributed by atoms with Crippen LogP contribution in [0.2, 0.25) is 0 Å². The first-order chi connectivity index (χ1) is 9.29. The first kappa shape index (κ1) is 13.1. The fourth-order valence-electron chi connectivity index (χ4n) is 3.31. The van der Waals surface area contributed by atoms with E-state index in [1.165, 1.54) is 31.5 Å². The summed E-state index contributed by atoms with van der Waals surface area (Å²) in [5, 5.41) is 3.76. The zero-order valence-corrected chi connectivity index (χ0v) is 12.0. The number of nitrogens with one attached hydrogen (secondary N) is 1. The summed E-state index contributed by atoms with van der Waals surface area (Å²) >= 11 is 0. The lowest BCUT2D eigenvalue weighted by Gasteiger charge is -2.43. The summed E-state index contributed by atoms with van der Waals surface area (Å²) in [6.07, 6.45) is 5.95. The monoisotopic (exact) mass is 259 g/mol. The van der Waals surface area contributed by atoms with Crippen LogP contribution in [-0.2, 0) is 0 Å². The molecule has 104 valence electrons. The molecule has 0 radical (unpaired) electrons. The maximum Gasteiger partial charge on any atom is 0.0572 e. The predicted octanol–water partition coefficient (Wildman–Crippen LogP) is 2.61. The van der Waals surface area contributed by atoms with E-state index >= 15 is 0 Å². The minimum absolute atomic E-state index is 0.425. The molecular weight excluding hydrogens is 234 g/mol. The Hall–Kier alpha value is -0.930. The molecular formula is C16H25N3. The van der Waals surface area contributed by atoms with Crippen molar-refractivity contribution in [3.05, 3.63) is 30.1 Å². The molecule has 3 unspecified atom stereocenters. The van der Waals surface area contributed by atoms with E-state index in [0.717, 1.165) is 12.5 Å². The van der Waals surface area contributed by atoms with Gasteiger partial charge in [-0.2, -0.15) is 0 Å². The Morgan fingerprint density at radius 2 is 2.26 bits per heavy atom. The van der Waals surface area contributed by atoms with Gasteiger partial charge in [-0.1, -0.05) is 13.0 Å². The number of rotatable bonds is 4. The van der Waals surface area contributed by atoms with E-state index in [1.54, 1.807) is 0 Å². The summed E-state index contributed by atoms with van der Waals surface area (Å²) in [5.41, 5.74) is 1.21. The first-order valence-electron chi connectivity index (χ1n) is 7.69. The second-order valence-electron chi connectivity index (χ2n) is 6.04. The van der Waals surface area contributed by atoms with Crippen molar-refractivity contribution in [2.45, 2.75) is 51.2 Å². The molecule has 3 heteroatoms. The largest absolute Gasteiger partial charge is 0.311 e. The molecule has 3 nitrogen and oxygen atoms in total. The van der Waals surface area contributed by atoms with Crippen LogP contribution in [0.15, 0.2) is 24.4 Å². The highest BCUT2D eigenvalue weighted by molar-refractivity contribution is 5.09. The fraction of sp³-hybridized carbons (Fsp3) is 0.688. The standard InChI is InChI=1S/C16H25N3/c1-3-14-10-18-16(13-7-8-13)11-19(14)12(2)15-6-4-5-9-17-15/h4-6,9,12-14,16,18H,3,7-8,10-11H2,1-2H3. The summed E-state index contributed by atoms with van der Waals surface area (Å²) in [7, 11) is 0. The molecule has 1 aliphatic heterocycles. The molecule has 0 amide bonds. The molecule has 1 N–H and O–H groups in total. The topological polar surface area (TPSA) is 28.2 Å². The summed E-state index contributed by atoms with van der Waals surface area (Å²) in [4.78, 5) is 7.21. The van der Waals surface area contributed by atoms with Crippen LogP contribution in [-0.4, -0.2) is 35.1 Å². The Balaban J connectivity index is 1.74. The van der Waals surface area contributed by atoms with E-state index in [9.17, 15) is 0 Å². The van der Waals surface area contributed by atoms with Crippen molar-refractivity contribution in [3.8, 4) is 0 Å². The van der Waals surface area contributed by atoms with E-state index in [0.29, 0.717) is 18.1 Å². The Morgan fingerprint density at radius 1 is 1.42 bits per heavy atom. The van der Waals surface area contributed by atoms with Gasteiger partial charge in [0.1, 0.15) is 0 Å². The molecule has 2 fully saturated rings. The fourth-order valence-corrected chi connectivity index (χ4v) is 3.31. The molecule has 2 heterocycles. The maximum absolute atomic E-state index is 4.55. The van der Waals surface area contributed by atoms with Gasteiger partial charge >= 0.3 is 0 Å². The average molecular weight is 259 g/mol. The third kappa shape index (κ3) is 2.82. The minimum Gasteiger partial charge on any atom is -0.311 e. The number of pyridine rings is 1. The van der Waals surface area contributed by atoms with Gasteiger partial charge in [0.15, 0.2) is 0 Å². The van der Waals surface area contributed by atoms with Gasteiger partial charge < -0.3 is 5.32 Å². The smallest absolute Gasteiger partial charge is 0.0572 e. The van der Waals surface area contributed by atoms with Gasteiger partial charge in [0.05, 0.1) is 5.69 Å². The lowest BCUT2D eigenvalue weighted by atomic mass is 10.00. The quantitative estimate of drug-likeness (QED) is 0.901. The van der Waals surface area contributed by atoms with Crippen LogP contribution >= 0.6 is 0 Å². The molecule has 2 aliphatic rings. The highest BCUT2D eigenvalue weighted by atomic mass is 15.3. The first-order valence-corrected chi connectivity index (χ1v) is 7.69. The van der Waals surface area contributed by atoms with Gasteiger partial charge in [-0.15, -0.1) is 0 Å². The average Bonchev–Trinajstić information content (AvgIpc) is 3.31. The van der Waals surface area contributed by atoms with Crippen molar-refractivity contribution in [3.63, 3.8) is 0 Å². The molecule has 1 saturated heterocycles. The van der Waals surface area contributed by atoms with Crippen LogP contribution in [0.3, 0.4) is 0 Å². The molecule has 3 rings (SSSR count). The van der Waals surface area contributed by atoms with Crippen LogP contribution in [0.1, 0.15) is 44.8 Å². The van der Waals surface area contributed by atoms with Gasteiger partial charge in [-0.25, -0.2) is 0 Å². The van der Waals surface area contributed by atoms with Gasteiger partial charge in [-0.3, -0.25) is 9.88 Å². The van der Waals surface area contributed by atoms with E-state index in [1.807, 2.05) is 12.3 Å². The van der Waals surface area contributed by atoms with Crippen LogP contribution < -0.4 is 5.32 Å². The van der Waals surface area contributed by atoms with Gasteiger partial charge in [-0.05, 0) is 44.2 Å². The molecule has 0 bridgehead atoms. The SMILES string of the molecule is CCC1CNC(C2CC2)CN1C(C)c1ccccn1. The maximum atomic E-state index is 4.55. The summed E-state index contributed by atoms with van der Waals surface area (Å²) < 4.78 is 0. The Morgan fingerprint density at radius 3 is 2.89 bits per heavy atom. The molecule has 1 aromatic rings. The molecule has 0 spiro atoms. The van der Waals surface area contributed by atoms with Crippen LogP contribution in [0, 0.1) is 5.92 Å². The lowest BCUT2D eigenvalue weighted by Crippen LogP contribution is -2.57. The normalized spacial score (nSPS) is 30.2. The van der Waals surface area contributed by atoms with Gasteiger partial charge in [0.2, 0.25) is 0 Å². The lowest BCUT2D eigenvalue weighted by molar-refractivity contribution is 0.0785. The number of aromatic nitrogens is 1. The highest BCUT2D eigenvalue weighted by Gasteiger charge is 2.38. The van der Waals surface area contributed by atoms with Crippen molar-refractivity contribution in [2.75, 3.05) is 13.1 Å². The third-order valence-electron chi connectivity index (χ3n) is 4.77. The Labute approximate surface area is 116 Å².